The summed E-state index contributed by atoms with van der Waals surface area (Å²) in [5.74, 6) is 0.0926. The van der Waals surface area contributed by atoms with Crippen LogP contribution in [0, 0.1) is 0 Å². The molecule has 0 aliphatic rings. The van der Waals surface area contributed by atoms with Gasteiger partial charge in [0.1, 0.15) is 0 Å². The molecule has 10 heavy (non-hydrogen) atoms. The number of amides is 1. The van der Waals surface area contributed by atoms with Crippen LogP contribution in [-0.2, 0) is 15.6 Å². The molecule has 0 aromatic carbocycles. The molecule has 0 saturated heterocycles. The highest BCUT2D eigenvalue weighted by atomic mass is 32.2. The van der Waals surface area contributed by atoms with Gasteiger partial charge in [-0.05, 0) is 0 Å². The monoisotopic (exact) mass is 165 g/mol. The van der Waals surface area contributed by atoms with E-state index in [-0.39, 0.29) is 5.91 Å². The van der Waals surface area contributed by atoms with Crippen molar-refractivity contribution in [3.05, 3.63) is 0 Å². The molecule has 1 amide bonds. The minimum atomic E-state index is -0.611. The van der Waals surface area contributed by atoms with Crippen LogP contribution in [0.5, 0.6) is 0 Å². The van der Waals surface area contributed by atoms with E-state index in [9.17, 15) is 9.00 Å². The fourth-order valence-corrected chi connectivity index (χ4v) is 0. The minimum absolute atomic E-state index is 0.0926. The van der Waals surface area contributed by atoms with Crippen LogP contribution in [0.2, 0.25) is 0 Å². The van der Waals surface area contributed by atoms with Crippen molar-refractivity contribution in [1.29, 1.82) is 0 Å². The van der Waals surface area contributed by atoms with E-state index >= 15 is 0 Å². The molecule has 0 aliphatic heterocycles. The van der Waals surface area contributed by atoms with E-state index in [1.165, 1.54) is 11.8 Å². The molecule has 3 nitrogen and oxygen atoms in total. The maximum Gasteiger partial charge on any atom is 0.218 e. The third kappa shape index (κ3) is 25.5. The first-order chi connectivity index (χ1) is 4.37. The van der Waals surface area contributed by atoms with Crippen LogP contribution >= 0.6 is 0 Å². The maximum atomic E-state index is 10.1. The molecule has 0 N–H and O–H groups in total. The Labute approximate surface area is 64.9 Å². The van der Waals surface area contributed by atoms with Gasteiger partial charge in [0.05, 0.1) is 0 Å². The van der Waals surface area contributed by atoms with Gasteiger partial charge in [-0.1, -0.05) is 0 Å². The van der Waals surface area contributed by atoms with Crippen molar-refractivity contribution in [3.63, 3.8) is 0 Å². The molecule has 0 atom stereocenters. The zero-order valence-electron chi connectivity index (χ0n) is 7.17. The largest absolute Gasteiger partial charge is 0.349 e. The molecule has 4 heteroatoms. The molecule has 62 valence electrons. The first kappa shape index (κ1) is 12.3. The molecular weight excluding hydrogens is 150 g/mol. The number of hydrogen-bond acceptors (Lipinski definition) is 2. The van der Waals surface area contributed by atoms with Crippen LogP contribution in [0.15, 0.2) is 0 Å². The zero-order chi connectivity index (χ0) is 8.73. The number of hydrogen-bond donors (Lipinski definition) is 0. The average molecular weight is 165 g/mol. The molecule has 0 unspecified atom stereocenters. The summed E-state index contributed by atoms with van der Waals surface area (Å²) in [6, 6.07) is 0. The van der Waals surface area contributed by atoms with Crippen LogP contribution in [0.1, 0.15) is 6.92 Å². The van der Waals surface area contributed by atoms with E-state index in [0.717, 1.165) is 0 Å². The first-order valence-corrected chi connectivity index (χ1v) is 4.77. The lowest BCUT2D eigenvalue weighted by atomic mass is 10.7. The summed E-state index contributed by atoms with van der Waals surface area (Å²) < 4.78 is 9.56. The maximum absolute atomic E-state index is 10.1. The van der Waals surface area contributed by atoms with E-state index in [1.54, 1.807) is 26.6 Å². The van der Waals surface area contributed by atoms with E-state index in [0.29, 0.717) is 0 Å². The quantitative estimate of drug-likeness (QED) is 0.510. The Balaban J connectivity index is 0. The molecular formula is C6H15NO2S. The average Bonchev–Trinajstić information content (AvgIpc) is 1.63. The Morgan fingerprint density at radius 3 is 1.40 bits per heavy atom. The molecule has 0 bridgehead atoms. The normalized spacial score (nSPS) is 8.20. The van der Waals surface area contributed by atoms with Crippen LogP contribution in [0.3, 0.4) is 0 Å². The van der Waals surface area contributed by atoms with Gasteiger partial charge in [-0.2, -0.15) is 0 Å². The molecule has 0 radical (unpaired) electrons. The Morgan fingerprint density at radius 2 is 1.40 bits per heavy atom. The van der Waals surface area contributed by atoms with Crippen molar-refractivity contribution in [1.82, 2.24) is 4.90 Å². The summed E-state index contributed by atoms with van der Waals surface area (Å²) in [5, 5.41) is 0. The highest BCUT2D eigenvalue weighted by Gasteiger charge is 1.87. The highest BCUT2D eigenvalue weighted by molar-refractivity contribution is 7.83. The van der Waals surface area contributed by atoms with E-state index in [2.05, 4.69) is 0 Å². The fraction of sp³-hybridized carbons (Fsp3) is 0.833. The van der Waals surface area contributed by atoms with Crippen molar-refractivity contribution in [2.24, 2.45) is 0 Å². The van der Waals surface area contributed by atoms with Crippen LogP contribution < -0.4 is 0 Å². The summed E-state index contributed by atoms with van der Waals surface area (Å²) in [4.78, 5) is 11.6. The Kier molecular flexibility index (Phi) is 8.29. The SMILES string of the molecule is CC(=O)N(C)C.CS(C)=O. The van der Waals surface area contributed by atoms with E-state index < -0.39 is 10.8 Å². The topological polar surface area (TPSA) is 37.4 Å². The number of rotatable bonds is 0. The predicted octanol–water partition coefficient (Wildman–Crippen LogP) is 0.0892. The smallest absolute Gasteiger partial charge is 0.218 e. The molecule has 0 aromatic heterocycles. The second-order valence-corrected chi connectivity index (χ2v) is 3.64. The van der Waals surface area contributed by atoms with Gasteiger partial charge in [0, 0.05) is 44.3 Å². The second kappa shape index (κ2) is 6.74. The highest BCUT2D eigenvalue weighted by Crippen LogP contribution is 1.69. The molecule has 0 fully saturated rings. The van der Waals surface area contributed by atoms with Gasteiger partial charge in [-0.15, -0.1) is 0 Å². The van der Waals surface area contributed by atoms with Gasteiger partial charge in [-0.25, -0.2) is 0 Å². The molecule has 0 heterocycles. The molecule has 0 saturated carbocycles. The number of nitrogens with zero attached hydrogens (tertiary/aromatic N) is 1. The summed E-state index contributed by atoms with van der Waals surface area (Å²) in [5.41, 5.74) is 0. The third-order valence-electron chi connectivity index (χ3n) is 0.630. The molecule has 0 spiro atoms. The number of carbonyl (C=O) groups excluding carboxylic acids is 1. The lowest BCUT2D eigenvalue weighted by Crippen LogP contribution is -2.17. The van der Waals surface area contributed by atoms with E-state index in [4.69, 9.17) is 0 Å². The van der Waals surface area contributed by atoms with E-state index in [1.807, 2.05) is 0 Å². The van der Waals surface area contributed by atoms with Crippen molar-refractivity contribution < 1.29 is 9.00 Å². The van der Waals surface area contributed by atoms with Crippen LogP contribution in [0.25, 0.3) is 0 Å². The third-order valence-corrected chi connectivity index (χ3v) is 0.630. The summed E-state index contributed by atoms with van der Waals surface area (Å²) >= 11 is 0. The number of carbonyl (C=O) groups is 1. The van der Waals surface area contributed by atoms with Gasteiger partial charge >= 0.3 is 0 Å². The minimum Gasteiger partial charge on any atom is -0.349 e. The summed E-state index contributed by atoms with van der Waals surface area (Å²) in [6.45, 7) is 1.53. The molecule has 0 rings (SSSR count). The van der Waals surface area contributed by atoms with Crippen molar-refractivity contribution in [2.75, 3.05) is 26.6 Å². The van der Waals surface area contributed by atoms with Gasteiger partial charge in [0.2, 0.25) is 5.91 Å². The Morgan fingerprint density at radius 1 is 1.30 bits per heavy atom. The fourth-order valence-electron chi connectivity index (χ4n) is 0. The lowest BCUT2D eigenvalue weighted by Gasteiger charge is -2.02. The first-order valence-electron chi connectivity index (χ1n) is 2.81. The Hall–Kier alpha value is -0.380. The van der Waals surface area contributed by atoms with Crippen LogP contribution in [0.4, 0.5) is 0 Å². The summed E-state index contributed by atoms with van der Waals surface area (Å²) in [6.07, 6.45) is 3.28. The van der Waals surface area contributed by atoms with Crippen molar-refractivity contribution in [3.8, 4) is 0 Å². The lowest BCUT2D eigenvalue weighted by molar-refractivity contribution is -0.126. The molecule has 0 aromatic rings. The summed E-state index contributed by atoms with van der Waals surface area (Å²) in [7, 11) is 2.84. The van der Waals surface area contributed by atoms with Crippen molar-refractivity contribution >= 4 is 16.7 Å². The van der Waals surface area contributed by atoms with Gasteiger partial charge in [0.15, 0.2) is 0 Å². The van der Waals surface area contributed by atoms with Gasteiger partial charge < -0.3 is 4.90 Å². The predicted molar refractivity (Wildman–Crippen MR) is 44.4 cm³/mol. The van der Waals surface area contributed by atoms with Crippen molar-refractivity contribution in [2.45, 2.75) is 6.92 Å². The second-order valence-electron chi connectivity index (χ2n) is 2.16. The van der Waals surface area contributed by atoms with Gasteiger partial charge in [-0.3, -0.25) is 9.00 Å². The van der Waals surface area contributed by atoms with Gasteiger partial charge in [0.25, 0.3) is 0 Å². The zero-order valence-corrected chi connectivity index (χ0v) is 7.99. The molecule has 0 aliphatic carbocycles. The Bertz CT molecular complexity index is 119. The van der Waals surface area contributed by atoms with Crippen LogP contribution in [-0.4, -0.2) is 41.6 Å². The standard InChI is InChI=1S/C4H9NO.C2H6OS/c1-4(6)5(2)3;1-4(2)3/h1-3H3;1-2H3.